The van der Waals surface area contributed by atoms with Crippen LogP contribution < -0.4 is 8.92 Å². The van der Waals surface area contributed by atoms with Crippen molar-refractivity contribution >= 4 is 10.1 Å². The second-order valence-electron chi connectivity index (χ2n) is 4.51. The first-order chi connectivity index (χ1) is 10.5. The van der Waals surface area contributed by atoms with Crippen LogP contribution in [-0.4, -0.2) is 15.5 Å². The van der Waals surface area contributed by atoms with Gasteiger partial charge in [-0.15, -0.1) is 0 Å². The molecule has 0 fully saturated rings. The van der Waals surface area contributed by atoms with Crippen molar-refractivity contribution in [2.24, 2.45) is 0 Å². The zero-order chi connectivity index (χ0) is 16.2. The largest absolute Gasteiger partial charge is 0.493 e. The molecule has 0 amide bonds. The number of hydrogen-bond acceptors (Lipinski definition) is 5. The molecule has 0 aliphatic heterocycles. The smallest absolute Gasteiger partial charge is 0.339 e. The van der Waals surface area contributed by atoms with E-state index in [1.54, 1.807) is 12.1 Å². The van der Waals surface area contributed by atoms with Crippen molar-refractivity contribution < 1.29 is 17.3 Å². The molecular weight excluding hydrogens is 302 g/mol. The molecule has 2 rings (SSSR count). The van der Waals surface area contributed by atoms with Gasteiger partial charge in [0.05, 0.1) is 18.7 Å². The quantitative estimate of drug-likeness (QED) is 0.793. The van der Waals surface area contributed by atoms with Crippen LogP contribution in [0.4, 0.5) is 0 Å². The average molecular weight is 317 g/mol. The molecule has 0 unspecified atom stereocenters. The molecule has 5 nitrogen and oxygen atoms in total. The predicted octanol–water partition coefficient (Wildman–Crippen LogP) is 2.90. The van der Waals surface area contributed by atoms with Crippen molar-refractivity contribution in [1.82, 2.24) is 0 Å². The Hall–Kier alpha value is -2.52. The molecule has 0 radical (unpaired) electrons. The average Bonchev–Trinajstić information content (AvgIpc) is 2.55. The summed E-state index contributed by atoms with van der Waals surface area (Å²) in [4.78, 5) is 0.0658. The van der Waals surface area contributed by atoms with E-state index in [2.05, 4.69) is 0 Å². The van der Waals surface area contributed by atoms with E-state index in [1.165, 1.54) is 37.4 Å². The number of methoxy groups -OCH3 is 1. The SMILES string of the molecule is CCc1ccc(S(=O)(=O)Oc2ccc(C#N)cc2OC)cc1. The van der Waals surface area contributed by atoms with E-state index in [-0.39, 0.29) is 16.4 Å². The Morgan fingerprint density at radius 1 is 1.09 bits per heavy atom. The number of nitriles is 1. The summed E-state index contributed by atoms with van der Waals surface area (Å²) in [6.45, 7) is 1.99. The topological polar surface area (TPSA) is 76.4 Å². The van der Waals surface area contributed by atoms with E-state index in [4.69, 9.17) is 14.2 Å². The van der Waals surface area contributed by atoms with Crippen molar-refractivity contribution in [3.8, 4) is 17.6 Å². The second-order valence-corrected chi connectivity index (χ2v) is 6.06. The highest BCUT2D eigenvalue weighted by atomic mass is 32.2. The Balaban J connectivity index is 2.34. The third-order valence-electron chi connectivity index (χ3n) is 3.11. The van der Waals surface area contributed by atoms with E-state index in [0.717, 1.165) is 12.0 Å². The van der Waals surface area contributed by atoms with Gasteiger partial charge in [0, 0.05) is 6.07 Å². The van der Waals surface area contributed by atoms with Crippen LogP contribution in [0.2, 0.25) is 0 Å². The van der Waals surface area contributed by atoms with Gasteiger partial charge in [-0.05, 0) is 36.2 Å². The number of ether oxygens (including phenoxy) is 1. The molecule has 6 heteroatoms. The summed E-state index contributed by atoms with van der Waals surface area (Å²) in [5, 5.41) is 8.84. The summed E-state index contributed by atoms with van der Waals surface area (Å²) >= 11 is 0. The van der Waals surface area contributed by atoms with Crippen LogP contribution in [0.15, 0.2) is 47.4 Å². The van der Waals surface area contributed by atoms with E-state index in [0.29, 0.717) is 5.56 Å². The minimum atomic E-state index is -3.95. The molecule has 0 aromatic heterocycles. The van der Waals surface area contributed by atoms with Gasteiger partial charge in [-0.3, -0.25) is 0 Å². The van der Waals surface area contributed by atoms with Crippen molar-refractivity contribution in [2.75, 3.05) is 7.11 Å². The fraction of sp³-hybridized carbons (Fsp3) is 0.188. The number of aryl methyl sites for hydroxylation is 1. The molecule has 0 heterocycles. The minimum Gasteiger partial charge on any atom is -0.493 e. The van der Waals surface area contributed by atoms with Crippen LogP contribution in [-0.2, 0) is 16.5 Å². The number of nitrogens with zero attached hydrogens (tertiary/aromatic N) is 1. The fourth-order valence-electron chi connectivity index (χ4n) is 1.86. The summed E-state index contributed by atoms with van der Waals surface area (Å²) in [6, 6.07) is 12.7. The van der Waals surface area contributed by atoms with Crippen LogP contribution in [0.1, 0.15) is 18.1 Å². The van der Waals surface area contributed by atoms with Crippen molar-refractivity contribution in [3.63, 3.8) is 0 Å². The van der Waals surface area contributed by atoms with Crippen molar-refractivity contribution in [1.29, 1.82) is 5.26 Å². The normalized spacial score (nSPS) is 10.8. The van der Waals surface area contributed by atoms with Gasteiger partial charge in [0.1, 0.15) is 4.90 Å². The molecule has 0 saturated carbocycles. The Morgan fingerprint density at radius 2 is 1.77 bits per heavy atom. The van der Waals surface area contributed by atoms with Gasteiger partial charge in [0.15, 0.2) is 11.5 Å². The highest BCUT2D eigenvalue weighted by Crippen LogP contribution is 2.30. The van der Waals surface area contributed by atoms with Crippen LogP contribution >= 0.6 is 0 Å². The fourth-order valence-corrected chi connectivity index (χ4v) is 2.80. The summed E-state index contributed by atoms with van der Waals surface area (Å²) in [7, 11) is -2.57. The van der Waals surface area contributed by atoms with Gasteiger partial charge >= 0.3 is 10.1 Å². The first-order valence-electron chi connectivity index (χ1n) is 6.61. The number of rotatable bonds is 5. The van der Waals surface area contributed by atoms with Crippen LogP contribution in [0.3, 0.4) is 0 Å². The van der Waals surface area contributed by atoms with Crippen LogP contribution in [0.5, 0.6) is 11.5 Å². The molecule has 2 aromatic carbocycles. The van der Waals surface area contributed by atoms with Gasteiger partial charge in [0.25, 0.3) is 0 Å². The standard InChI is InChI=1S/C16H15NO4S/c1-3-12-4-7-14(8-5-12)22(18,19)21-15-9-6-13(11-17)10-16(15)20-2/h4-10H,3H2,1-2H3. The zero-order valence-electron chi connectivity index (χ0n) is 12.2. The summed E-state index contributed by atoms with van der Waals surface area (Å²) < 4.78 is 34.7. The molecule has 0 saturated heterocycles. The Morgan fingerprint density at radius 3 is 2.32 bits per heavy atom. The highest BCUT2D eigenvalue weighted by Gasteiger charge is 2.19. The first kappa shape index (κ1) is 15.9. The highest BCUT2D eigenvalue weighted by molar-refractivity contribution is 7.87. The Kier molecular flexibility index (Phi) is 4.68. The van der Waals surface area contributed by atoms with Gasteiger partial charge in [-0.25, -0.2) is 0 Å². The molecule has 2 aromatic rings. The molecule has 0 bridgehead atoms. The maximum absolute atomic E-state index is 12.3. The minimum absolute atomic E-state index is 0.0427. The maximum atomic E-state index is 12.3. The third-order valence-corrected chi connectivity index (χ3v) is 4.36. The first-order valence-corrected chi connectivity index (χ1v) is 8.02. The molecule has 0 aliphatic carbocycles. The lowest BCUT2D eigenvalue weighted by atomic mass is 10.2. The Bertz CT molecular complexity index is 805. The molecule has 0 aliphatic rings. The van der Waals surface area contributed by atoms with Gasteiger partial charge in [-0.2, -0.15) is 13.7 Å². The molecule has 0 N–H and O–H groups in total. The van der Waals surface area contributed by atoms with Crippen LogP contribution in [0.25, 0.3) is 0 Å². The van der Waals surface area contributed by atoms with E-state index in [1.807, 2.05) is 13.0 Å². The summed E-state index contributed by atoms with van der Waals surface area (Å²) in [6.07, 6.45) is 0.824. The van der Waals surface area contributed by atoms with Crippen LogP contribution in [0, 0.1) is 11.3 Å². The van der Waals surface area contributed by atoms with Gasteiger partial charge in [-0.1, -0.05) is 19.1 Å². The lowest BCUT2D eigenvalue weighted by Crippen LogP contribution is -2.10. The molecule has 22 heavy (non-hydrogen) atoms. The lowest BCUT2D eigenvalue weighted by Gasteiger charge is -2.11. The lowest BCUT2D eigenvalue weighted by molar-refractivity contribution is 0.390. The maximum Gasteiger partial charge on any atom is 0.339 e. The Labute approximate surface area is 129 Å². The van der Waals surface area contributed by atoms with Crippen molar-refractivity contribution in [3.05, 3.63) is 53.6 Å². The molecular formula is C16H15NO4S. The van der Waals surface area contributed by atoms with Crippen molar-refractivity contribution in [2.45, 2.75) is 18.2 Å². The van der Waals surface area contributed by atoms with Gasteiger partial charge in [0.2, 0.25) is 0 Å². The zero-order valence-corrected chi connectivity index (χ0v) is 13.1. The van der Waals surface area contributed by atoms with Gasteiger partial charge < -0.3 is 8.92 Å². The molecule has 0 atom stereocenters. The predicted molar refractivity (Wildman–Crippen MR) is 81.3 cm³/mol. The van der Waals surface area contributed by atoms with E-state index in [9.17, 15) is 8.42 Å². The number of benzene rings is 2. The third kappa shape index (κ3) is 3.38. The molecule has 0 spiro atoms. The van der Waals surface area contributed by atoms with E-state index < -0.39 is 10.1 Å². The number of hydrogen-bond donors (Lipinski definition) is 0. The molecule has 114 valence electrons. The summed E-state index contributed by atoms with van der Waals surface area (Å²) in [5.74, 6) is 0.230. The van der Waals surface area contributed by atoms with E-state index >= 15 is 0 Å². The summed E-state index contributed by atoms with van der Waals surface area (Å²) in [5.41, 5.74) is 1.39. The second kappa shape index (κ2) is 6.50. The monoisotopic (exact) mass is 317 g/mol.